The van der Waals surface area contributed by atoms with Gasteiger partial charge in [0, 0.05) is 38.4 Å². The molecular weight excluding hydrogens is 580 g/mol. The lowest BCUT2D eigenvalue weighted by Gasteiger charge is -2.41. The number of nitrogens with zero attached hydrogens (tertiary/aromatic N) is 2. The molecule has 0 bridgehead atoms. The van der Waals surface area contributed by atoms with Gasteiger partial charge in [-0.1, -0.05) is 25.4 Å². The molecule has 43 heavy (non-hydrogen) atoms. The van der Waals surface area contributed by atoms with E-state index in [-0.39, 0.29) is 28.2 Å². The maximum Gasteiger partial charge on any atom is 0.337 e. The van der Waals surface area contributed by atoms with Crippen LogP contribution in [0.2, 0.25) is 5.15 Å². The average molecular weight is 624 g/mol. The molecule has 0 spiro atoms. The summed E-state index contributed by atoms with van der Waals surface area (Å²) in [7, 11) is 1.21. The number of piperidine rings is 1. The quantitative estimate of drug-likeness (QED) is 0.280. The highest BCUT2D eigenvalue weighted by Gasteiger charge is 2.38. The van der Waals surface area contributed by atoms with E-state index in [0.29, 0.717) is 55.7 Å². The molecule has 1 aromatic heterocycles. The zero-order valence-electron chi connectivity index (χ0n) is 26.0. The third-order valence-electron chi connectivity index (χ3n) is 8.18. The molecule has 11 heteroatoms. The molecule has 0 radical (unpaired) electrons. The fourth-order valence-electron chi connectivity index (χ4n) is 5.76. The summed E-state index contributed by atoms with van der Waals surface area (Å²) < 4.78 is 46.9. The van der Waals surface area contributed by atoms with Crippen LogP contribution in [0.3, 0.4) is 0 Å². The molecule has 1 aromatic carbocycles. The average Bonchev–Trinajstić information content (AvgIpc) is 2.91. The SMILES string of the molecule is COc1c(F)cc(-c2c(CNCC3CCOCC3)nc(Cl)c(C(OC(C)(C)C)C(=O)O)c2N2CCC(C)(C)CC2)cc1F. The van der Waals surface area contributed by atoms with Crippen LogP contribution in [0.25, 0.3) is 11.1 Å². The van der Waals surface area contributed by atoms with Crippen LogP contribution in [-0.4, -0.2) is 61.6 Å². The van der Waals surface area contributed by atoms with E-state index < -0.39 is 35.1 Å². The first kappa shape index (κ1) is 33.4. The van der Waals surface area contributed by atoms with Crippen molar-refractivity contribution in [2.75, 3.05) is 44.9 Å². The minimum absolute atomic E-state index is 0.0162. The van der Waals surface area contributed by atoms with Gasteiger partial charge in [0.2, 0.25) is 0 Å². The van der Waals surface area contributed by atoms with Gasteiger partial charge in [-0.3, -0.25) is 0 Å². The number of halogens is 3. The minimum atomic E-state index is -1.47. The van der Waals surface area contributed by atoms with Crippen LogP contribution in [0.5, 0.6) is 5.75 Å². The molecule has 2 fully saturated rings. The van der Waals surface area contributed by atoms with E-state index in [2.05, 4.69) is 29.0 Å². The van der Waals surface area contributed by atoms with Crippen LogP contribution >= 0.6 is 11.6 Å². The summed E-state index contributed by atoms with van der Waals surface area (Å²) in [5, 5.41) is 13.8. The lowest BCUT2D eigenvalue weighted by molar-refractivity contribution is -0.160. The standard InChI is InChI=1S/C32H44ClF2N3O5/c1-31(2,3)43-28(30(39)40)25-26(38-11-9-32(4,5)10-12-38)24(20-15-21(34)27(41-6)22(35)16-20)23(37-29(25)33)18-36-17-19-7-13-42-14-8-19/h15-16,19,28,36H,7-14,17-18H2,1-6H3,(H,39,40). The Balaban J connectivity index is 1.94. The Kier molecular flexibility index (Phi) is 10.6. The van der Waals surface area contributed by atoms with Gasteiger partial charge in [-0.25, -0.2) is 18.6 Å². The smallest absolute Gasteiger partial charge is 0.337 e. The van der Waals surface area contributed by atoms with Crippen molar-refractivity contribution in [3.63, 3.8) is 0 Å². The number of ether oxygens (including phenoxy) is 3. The third kappa shape index (κ3) is 8.15. The number of hydrogen-bond acceptors (Lipinski definition) is 7. The van der Waals surface area contributed by atoms with Crippen LogP contribution < -0.4 is 15.0 Å². The molecule has 2 saturated heterocycles. The minimum Gasteiger partial charge on any atom is -0.491 e. The van der Waals surface area contributed by atoms with E-state index in [1.54, 1.807) is 20.8 Å². The molecule has 1 unspecified atom stereocenters. The van der Waals surface area contributed by atoms with Gasteiger partial charge in [0.25, 0.3) is 0 Å². The number of carbonyl (C=O) groups is 1. The van der Waals surface area contributed by atoms with Crippen LogP contribution in [0.15, 0.2) is 12.1 Å². The van der Waals surface area contributed by atoms with Crippen molar-refractivity contribution in [1.82, 2.24) is 10.3 Å². The maximum atomic E-state index is 15.2. The molecule has 4 rings (SSSR count). The highest BCUT2D eigenvalue weighted by atomic mass is 35.5. The second kappa shape index (κ2) is 13.6. The fraction of sp³-hybridized carbons (Fsp3) is 0.625. The number of anilines is 1. The Hall–Kier alpha value is -2.53. The maximum absolute atomic E-state index is 15.2. The van der Waals surface area contributed by atoms with Gasteiger partial charge in [0.05, 0.1) is 29.7 Å². The monoisotopic (exact) mass is 623 g/mol. The number of methoxy groups -OCH3 is 1. The van der Waals surface area contributed by atoms with E-state index in [0.717, 1.165) is 25.7 Å². The summed E-state index contributed by atoms with van der Waals surface area (Å²) in [4.78, 5) is 19.5. The molecule has 2 aromatic rings. The number of aliphatic carboxylic acids is 1. The first-order valence-electron chi connectivity index (χ1n) is 14.9. The van der Waals surface area contributed by atoms with Gasteiger partial charge in [0.1, 0.15) is 5.15 Å². The molecule has 238 valence electrons. The van der Waals surface area contributed by atoms with Crippen molar-refractivity contribution in [3.05, 3.63) is 40.2 Å². The number of nitrogens with one attached hydrogen (secondary N) is 1. The molecule has 0 aliphatic carbocycles. The first-order valence-corrected chi connectivity index (χ1v) is 15.3. The first-order chi connectivity index (χ1) is 20.2. The molecule has 0 amide bonds. The number of rotatable bonds is 10. The van der Waals surface area contributed by atoms with E-state index in [4.69, 9.17) is 25.8 Å². The third-order valence-corrected chi connectivity index (χ3v) is 8.47. The lowest BCUT2D eigenvalue weighted by Crippen LogP contribution is -2.39. The Labute approximate surface area is 258 Å². The van der Waals surface area contributed by atoms with Gasteiger partial charge in [-0.15, -0.1) is 0 Å². The predicted octanol–water partition coefficient (Wildman–Crippen LogP) is 6.77. The van der Waals surface area contributed by atoms with Crippen LogP contribution in [0, 0.1) is 23.0 Å². The topological polar surface area (TPSA) is 93.2 Å². The van der Waals surface area contributed by atoms with Crippen LogP contribution in [0.4, 0.5) is 14.5 Å². The van der Waals surface area contributed by atoms with E-state index >= 15 is 8.78 Å². The Morgan fingerprint density at radius 3 is 2.35 bits per heavy atom. The zero-order valence-corrected chi connectivity index (χ0v) is 26.7. The van der Waals surface area contributed by atoms with Gasteiger partial charge in [-0.05, 0) is 82.0 Å². The highest BCUT2D eigenvalue weighted by Crippen LogP contribution is 2.47. The van der Waals surface area contributed by atoms with Crippen molar-refractivity contribution in [2.45, 2.75) is 78.6 Å². The number of carboxylic acids is 1. The predicted molar refractivity (Wildman–Crippen MR) is 163 cm³/mol. The summed E-state index contributed by atoms with van der Waals surface area (Å²) in [5.74, 6) is -3.06. The number of aromatic nitrogens is 1. The number of hydrogen-bond donors (Lipinski definition) is 2. The molecular formula is C32H44ClF2N3O5. The van der Waals surface area contributed by atoms with Crippen molar-refractivity contribution >= 4 is 23.3 Å². The number of pyridine rings is 1. The Bertz CT molecular complexity index is 1280. The Morgan fingerprint density at radius 1 is 1.21 bits per heavy atom. The second-order valence-corrected chi connectivity index (χ2v) is 13.6. The van der Waals surface area contributed by atoms with Crippen LogP contribution in [-0.2, 0) is 20.8 Å². The summed E-state index contributed by atoms with van der Waals surface area (Å²) in [6.45, 7) is 13.2. The molecule has 2 aliphatic heterocycles. The highest BCUT2D eigenvalue weighted by molar-refractivity contribution is 6.31. The van der Waals surface area contributed by atoms with Crippen LogP contribution in [0.1, 0.15) is 77.7 Å². The van der Waals surface area contributed by atoms with Crippen molar-refractivity contribution < 1.29 is 32.9 Å². The van der Waals surface area contributed by atoms with Gasteiger partial charge < -0.3 is 29.5 Å². The van der Waals surface area contributed by atoms with E-state index in [1.807, 2.05) is 0 Å². The van der Waals surface area contributed by atoms with Gasteiger partial charge in [0.15, 0.2) is 23.5 Å². The molecule has 0 saturated carbocycles. The van der Waals surface area contributed by atoms with Crippen molar-refractivity contribution in [2.24, 2.45) is 11.3 Å². The van der Waals surface area contributed by atoms with Crippen molar-refractivity contribution in [1.29, 1.82) is 0 Å². The molecule has 1 atom stereocenters. The summed E-state index contributed by atoms with van der Waals surface area (Å²) in [6.07, 6.45) is 2.04. The fourth-order valence-corrected chi connectivity index (χ4v) is 6.05. The van der Waals surface area contributed by atoms with E-state index in [1.165, 1.54) is 19.2 Å². The van der Waals surface area contributed by atoms with Gasteiger partial charge in [-0.2, -0.15) is 0 Å². The summed E-state index contributed by atoms with van der Waals surface area (Å²) >= 11 is 6.88. The van der Waals surface area contributed by atoms with Gasteiger partial charge >= 0.3 is 5.97 Å². The second-order valence-electron chi connectivity index (χ2n) is 13.2. The molecule has 3 heterocycles. The molecule has 2 aliphatic rings. The number of carboxylic acid groups (broad SMARTS) is 1. The van der Waals surface area contributed by atoms with Crippen molar-refractivity contribution in [3.8, 4) is 16.9 Å². The molecule has 8 nitrogen and oxygen atoms in total. The number of benzene rings is 1. The summed E-state index contributed by atoms with van der Waals surface area (Å²) in [6, 6.07) is 2.41. The van der Waals surface area contributed by atoms with E-state index in [9.17, 15) is 9.90 Å². The zero-order chi connectivity index (χ0) is 31.5. The lowest BCUT2D eigenvalue weighted by atomic mass is 9.82. The Morgan fingerprint density at radius 2 is 1.81 bits per heavy atom. The summed E-state index contributed by atoms with van der Waals surface area (Å²) in [5.41, 5.74) is 0.975. The largest absolute Gasteiger partial charge is 0.491 e. The molecule has 2 N–H and O–H groups in total. The normalized spacial score (nSPS) is 18.5.